The number of amides is 2. The summed E-state index contributed by atoms with van der Waals surface area (Å²) in [5.41, 5.74) is 4.92. The predicted molar refractivity (Wildman–Crippen MR) is 90.6 cm³/mol. The lowest BCUT2D eigenvalue weighted by molar-refractivity contribution is -0.122. The van der Waals surface area contributed by atoms with Crippen LogP contribution in [0.2, 0.25) is 0 Å². The van der Waals surface area contributed by atoms with Crippen LogP contribution in [-0.2, 0) is 29.8 Å². The normalized spacial score (nSPS) is 12.1. The lowest BCUT2D eigenvalue weighted by Crippen LogP contribution is -2.17. The molecule has 2 aromatic carbocycles. The highest BCUT2D eigenvalue weighted by Gasteiger charge is 2.17. The van der Waals surface area contributed by atoms with Gasteiger partial charge in [-0.2, -0.15) is 16.8 Å². The number of nitrogens with one attached hydrogen (secondary N) is 1. The molecule has 0 fully saturated rings. The van der Waals surface area contributed by atoms with E-state index in [-0.39, 0.29) is 29.3 Å². The zero-order valence-electron chi connectivity index (χ0n) is 13.0. The Bertz CT molecular complexity index is 1100. The standard InChI is InChI=1S/C14H14N2O8S2/c15-13(17)3-4-14(18)16-12-7-10(26(22,23)24)6-8-5-9(25(19,20)21)1-2-11(8)12/h1-2,5-7H,3-4H2,(H2,15,17)(H,16,18)(H,19,20,21)(H,22,23,24). The summed E-state index contributed by atoms with van der Waals surface area (Å²) in [7, 11) is -9.21. The number of hydrogen-bond acceptors (Lipinski definition) is 6. The van der Waals surface area contributed by atoms with E-state index >= 15 is 0 Å². The van der Waals surface area contributed by atoms with Crippen LogP contribution >= 0.6 is 0 Å². The van der Waals surface area contributed by atoms with Crippen molar-refractivity contribution in [1.82, 2.24) is 0 Å². The van der Waals surface area contributed by atoms with E-state index in [1.54, 1.807) is 0 Å². The average molecular weight is 402 g/mol. The first-order chi connectivity index (χ1) is 11.9. The maximum absolute atomic E-state index is 11.9. The molecule has 2 aromatic rings. The Morgan fingerprint density at radius 2 is 1.50 bits per heavy atom. The first kappa shape index (κ1) is 19.8. The van der Waals surface area contributed by atoms with E-state index in [4.69, 9.17) is 10.3 Å². The molecule has 0 atom stereocenters. The summed E-state index contributed by atoms with van der Waals surface area (Å²) in [6.07, 6.45) is -0.481. The molecule has 0 spiro atoms. The lowest BCUT2D eigenvalue weighted by atomic mass is 10.1. The van der Waals surface area contributed by atoms with Gasteiger partial charge in [0.2, 0.25) is 11.8 Å². The van der Waals surface area contributed by atoms with Gasteiger partial charge in [0.1, 0.15) is 0 Å². The Hall–Kier alpha value is -2.54. The monoisotopic (exact) mass is 402 g/mol. The van der Waals surface area contributed by atoms with Gasteiger partial charge in [-0.15, -0.1) is 0 Å². The molecule has 0 heterocycles. The Morgan fingerprint density at radius 3 is 2.04 bits per heavy atom. The van der Waals surface area contributed by atoms with Gasteiger partial charge in [-0.3, -0.25) is 18.7 Å². The second-order valence-corrected chi connectivity index (χ2v) is 8.16. The van der Waals surface area contributed by atoms with Crippen LogP contribution in [-0.4, -0.2) is 37.8 Å². The van der Waals surface area contributed by atoms with Crippen molar-refractivity contribution in [3.05, 3.63) is 30.3 Å². The molecule has 0 saturated heterocycles. The fraction of sp³-hybridized carbons (Fsp3) is 0.143. The van der Waals surface area contributed by atoms with Crippen LogP contribution in [0, 0.1) is 0 Å². The smallest absolute Gasteiger partial charge is 0.294 e. The Labute approximate surface area is 148 Å². The molecule has 0 bridgehead atoms. The molecule has 0 radical (unpaired) electrons. The Balaban J connectivity index is 2.60. The molecule has 12 heteroatoms. The average Bonchev–Trinajstić information content (AvgIpc) is 2.50. The number of carbonyl (C=O) groups is 2. The van der Waals surface area contributed by atoms with E-state index in [2.05, 4.69) is 5.32 Å². The Kier molecular flexibility index (Phi) is 5.32. The number of anilines is 1. The van der Waals surface area contributed by atoms with Crippen LogP contribution in [0.25, 0.3) is 10.8 Å². The minimum absolute atomic E-state index is 0.0282. The second kappa shape index (κ2) is 6.99. The number of hydrogen-bond donors (Lipinski definition) is 4. The summed E-state index contributed by atoms with van der Waals surface area (Å²) in [6, 6.07) is 5.25. The van der Waals surface area contributed by atoms with E-state index in [0.29, 0.717) is 0 Å². The highest BCUT2D eigenvalue weighted by molar-refractivity contribution is 7.86. The van der Waals surface area contributed by atoms with Crippen molar-refractivity contribution in [1.29, 1.82) is 0 Å². The maximum atomic E-state index is 11.9. The van der Waals surface area contributed by atoms with Gasteiger partial charge in [0.25, 0.3) is 20.2 Å². The molecular formula is C14H14N2O8S2. The first-order valence-corrected chi connectivity index (χ1v) is 9.87. The molecular weight excluding hydrogens is 388 g/mol. The molecule has 2 amide bonds. The molecule has 0 aliphatic carbocycles. The molecule has 0 saturated carbocycles. The van der Waals surface area contributed by atoms with Gasteiger partial charge in [-0.1, -0.05) is 6.07 Å². The maximum Gasteiger partial charge on any atom is 0.294 e. The molecule has 0 aromatic heterocycles. The largest absolute Gasteiger partial charge is 0.370 e. The number of nitrogens with two attached hydrogens (primary N) is 1. The van der Waals surface area contributed by atoms with Gasteiger partial charge in [0.15, 0.2) is 0 Å². The number of benzene rings is 2. The summed E-state index contributed by atoms with van der Waals surface area (Å²) >= 11 is 0. The SMILES string of the molecule is NC(=O)CCC(=O)Nc1cc(S(=O)(=O)O)cc2cc(S(=O)(=O)O)ccc12. The molecule has 0 unspecified atom stereocenters. The summed E-state index contributed by atoms with van der Waals surface area (Å²) < 4.78 is 63.7. The minimum Gasteiger partial charge on any atom is -0.370 e. The van der Waals surface area contributed by atoms with E-state index in [0.717, 1.165) is 24.3 Å². The molecule has 10 nitrogen and oxygen atoms in total. The van der Waals surface area contributed by atoms with Crippen LogP contribution in [0.15, 0.2) is 40.1 Å². The van der Waals surface area contributed by atoms with Crippen LogP contribution in [0.5, 0.6) is 0 Å². The van der Waals surface area contributed by atoms with Crippen molar-refractivity contribution < 1.29 is 35.5 Å². The number of carbonyl (C=O) groups excluding carboxylic acids is 2. The van der Waals surface area contributed by atoms with E-state index in [1.165, 1.54) is 6.07 Å². The van der Waals surface area contributed by atoms with Crippen molar-refractivity contribution in [3.63, 3.8) is 0 Å². The summed E-state index contributed by atoms with van der Waals surface area (Å²) in [5.74, 6) is -1.34. The van der Waals surface area contributed by atoms with Gasteiger partial charge >= 0.3 is 0 Å². The highest BCUT2D eigenvalue weighted by Crippen LogP contribution is 2.30. The first-order valence-electron chi connectivity index (χ1n) is 6.99. The third kappa shape index (κ3) is 4.76. The van der Waals surface area contributed by atoms with E-state index in [1.807, 2.05) is 0 Å². The van der Waals surface area contributed by atoms with Gasteiger partial charge in [-0.05, 0) is 29.7 Å². The topological polar surface area (TPSA) is 181 Å². The molecule has 140 valence electrons. The van der Waals surface area contributed by atoms with Crippen molar-refractivity contribution in [2.75, 3.05) is 5.32 Å². The predicted octanol–water partition coefficient (Wildman–Crippen LogP) is 0.537. The zero-order valence-corrected chi connectivity index (χ0v) is 14.7. The van der Waals surface area contributed by atoms with Crippen molar-refractivity contribution >= 4 is 48.5 Å². The third-order valence-corrected chi connectivity index (χ3v) is 5.05. The van der Waals surface area contributed by atoms with Gasteiger partial charge in [-0.25, -0.2) is 0 Å². The molecule has 0 aliphatic rings. The van der Waals surface area contributed by atoms with E-state index in [9.17, 15) is 31.0 Å². The summed E-state index contributed by atoms with van der Waals surface area (Å²) in [4.78, 5) is 21.5. The summed E-state index contributed by atoms with van der Waals surface area (Å²) in [6.45, 7) is 0. The van der Waals surface area contributed by atoms with Crippen LogP contribution in [0.3, 0.4) is 0 Å². The Morgan fingerprint density at radius 1 is 0.923 bits per heavy atom. The fourth-order valence-corrected chi connectivity index (χ4v) is 3.24. The highest BCUT2D eigenvalue weighted by atomic mass is 32.2. The third-order valence-electron chi connectivity index (χ3n) is 3.37. The number of primary amides is 1. The fourth-order valence-electron chi connectivity index (χ4n) is 2.18. The second-order valence-electron chi connectivity index (χ2n) is 5.32. The summed E-state index contributed by atoms with van der Waals surface area (Å²) in [5, 5.41) is 2.65. The van der Waals surface area contributed by atoms with Gasteiger partial charge < -0.3 is 11.1 Å². The molecule has 5 N–H and O–H groups in total. The quantitative estimate of drug-likeness (QED) is 0.505. The van der Waals surface area contributed by atoms with Gasteiger partial charge in [0, 0.05) is 23.9 Å². The van der Waals surface area contributed by atoms with Crippen molar-refractivity contribution in [2.24, 2.45) is 5.73 Å². The van der Waals surface area contributed by atoms with Crippen molar-refractivity contribution in [2.45, 2.75) is 22.6 Å². The number of fused-ring (bicyclic) bond motifs is 1. The number of rotatable bonds is 6. The van der Waals surface area contributed by atoms with Crippen LogP contribution in [0.1, 0.15) is 12.8 Å². The molecule has 2 rings (SSSR count). The zero-order chi connectivity index (χ0) is 19.7. The van der Waals surface area contributed by atoms with Crippen LogP contribution in [0.4, 0.5) is 5.69 Å². The lowest BCUT2D eigenvalue weighted by Gasteiger charge is -2.11. The minimum atomic E-state index is -4.66. The molecule has 0 aliphatic heterocycles. The molecule has 26 heavy (non-hydrogen) atoms. The van der Waals surface area contributed by atoms with Crippen molar-refractivity contribution in [3.8, 4) is 0 Å². The van der Waals surface area contributed by atoms with Gasteiger partial charge in [0.05, 0.1) is 9.79 Å². The van der Waals surface area contributed by atoms with E-state index < -0.39 is 41.8 Å². The van der Waals surface area contributed by atoms with Crippen LogP contribution < -0.4 is 11.1 Å².